The van der Waals surface area contributed by atoms with E-state index in [0.29, 0.717) is 5.69 Å². The largest absolute Gasteiger partial charge is 0.478 e. The summed E-state index contributed by atoms with van der Waals surface area (Å²) in [5.74, 6) is -1.20. The zero-order valence-corrected chi connectivity index (χ0v) is 11.5. The van der Waals surface area contributed by atoms with E-state index in [1.54, 1.807) is 6.92 Å². The van der Waals surface area contributed by atoms with E-state index >= 15 is 0 Å². The van der Waals surface area contributed by atoms with Gasteiger partial charge in [0.1, 0.15) is 0 Å². The SMILES string of the molecule is Cc1cc(=O)[nH]c(Sc2cc(C(=O)O)ccc2[N+](=O)[O-])n1. The van der Waals surface area contributed by atoms with Crippen molar-refractivity contribution in [2.45, 2.75) is 17.0 Å². The van der Waals surface area contributed by atoms with Gasteiger partial charge in [-0.05, 0) is 30.8 Å². The first kappa shape index (κ1) is 14.7. The summed E-state index contributed by atoms with van der Waals surface area (Å²) in [5.41, 5.74) is -0.271. The molecule has 0 spiro atoms. The molecule has 2 rings (SSSR count). The lowest BCUT2D eigenvalue weighted by atomic mass is 10.2. The van der Waals surface area contributed by atoms with Crippen LogP contribution in [-0.4, -0.2) is 26.0 Å². The van der Waals surface area contributed by atoms with E-state index in [4.69, 9.17) is 5.11 Å². The summed E-state index contributed by atoms with van der Waals surface area (Å²) in [6.45, 7) is 1.61. The van der Waals surface area contributed by atoms with E-state index in [9.17, 15) is 19.7 Å². The van der Waals surface area contributed by atoms with Crippen LogP contribution in [0.15, 0.2) is 39.1 Å². The molecule has 0 saturated heterocycles. The molecular formula is C12H9N3O5S. The van der Waals surface area contributed by atoms with Crippen LogP contribution in [0.2, 0.25) is 0 Å². The fourth-order valence-electron chi connectivity index (χ4n) is 1.58. The first-order valence-electron chi connectivity index (χ1n) is 5.64. The van der Waals surface area contributed by atoms with Crippen LogP contribution >= 0.6 is 11.8 Å². The number of aromatic nitrogens is 2. The molecule has 2 aromatic rings. The summed E-state index contributed by atoms with van der Waals surface area (Å²) in [5, 5.41) is 20.1. The first-order chi connectivity index (χ1) is 9.86. The van der Waals surface area contributed by atoms with E-state index in [1.807, 2.05) is 0 Å². The molecule has 0 aliphatic carbocycles. The van der Waals surface area contributed by atoms with E-state index in [2.05, 4.69) is 9.97 Å². The molecule has 1 heterocycles. The number of carbonyl (C=O) groups is 1. The molecule has 0 aliphatic heterocycles. The van der Waals surface area contributed by atoms with Crippen LogP contribution in [-0.2, 0) is 0 Å². The van der Waals surface area contributed by atoms with Crippen LogP contribution in [0.4, 0.5) is 5.69 Å². The highest BCUT2D eigenvalue weighted by molar-refractivity contribution is 7.99. The second-order valence-electron chi connectivity index (χ2n) is 4.04. The average Bonchev–Trinajstić information content (AvgIpc) is 2.36. The van der Waals surface area contributed by atoms with Gasteiger partial charge in [-0.2, -0.15) is 0 Å². The van der Waals surface area contributed by atoms with Gasteiger partial charge in [-0.15, -0.1) is 0 Å². The predicted molar refractivity (Wildman–Crippen MR) is 73.8 cm³/mol. The van der Waals surface area contributed by atoms with Gasteiger partial charge in [0, 0.05) is 17.8 Å². The van der Waals surface area contributed by atoms with Crippen LogP contribution in [0.3, 0.4) is 0 Å². The topological polar surface area (TPSA) is 126 Å². The van der Waals surface area contributed by atoms with Crippen molar-refractivity contribution in [1.29, 1.82) is 0 Å². The third-order valence-electron chi connectivity index (χ3n) is 2.46. The van der Waals surface area contributed by atoms with Crippen LogP contribution < -0.4 is 5.56 Å². The van der Waals surface area contributed by atoms with Crippen molar-refractivity contribution in [1.82, 2.24) is 9.97 Å². The van der Waals surface area contributed by atoms with Crippen molar-refractivity contribution < 1.29 is 14.8 Å². The Morgan fingerprint density at radius 3 is 2.71 bits per heavy atom. The smallest absolute Gasteiger partial charge is 0.335 e. The molecule has 1 aromatic heterocycles. The lowest BCUT2D eigenvalue weighted by molar-refractivity contribution is -0.387. The maximum Gasteiger partial charge on any atom is 0.335 e. The number of hydrogen-bond acceptors (Lipinski definition) is 6. The highest BCUT2D eigenvalue weighted by atomic mass is 32.2. The highest BCUT2D eigenvalue weighted by Crippen LogP contribution is 2.33. The molecule has 21 heavy (non-hydrogen) atoms. The van der Waals surface area contributed by atoms with Gasteiger partial charge in [-0.3, -0.25) is 14.9 Å². The number of aromatic carboxylic acids is 1. The van der Waals surface area contributed by atoms with Crippen LogP contribution in [0.5, 0.6) is 0 Å². The lowest BCUT2D eigenvalue weighted by Gasteiger charge is -2.04. The molecular weight excluding hydrogens is 298 g/mol. The van der Waals surface area contributed by atoms with Crippen LogP contribution in [0.1, 0.15) is 16.1 Å². The normalized spacial score (nSPS) is 10.3. The Kier molecular flexibility index (Phi) is 4.03. The number of nitro groups is 1. The number of aromatic amines is 1. The van der Waals surface area contributed by atoms with Gasteiger partial charge in [-0.25, -0.2) is 9.78 Å². The van der Waals surface area contributed by atoms with Gasteiger partial charge < -0.3 is 10.1 Å². The third kappa shape index (κ3) is 3.45. The van der Waals surface area contributed by atoms with Gasteiger partial charge in [0.05, 0.1) is 15.4 Å². The van der Waals surface area contributed by atoms with Crippen molar-refractivity contribution in [2.24, 2.45) is 0 Å². The Morgan fingerprint density at radius 2 is 2.14 bits per heavy atom. The lowest BCUT2D eigenvalue weighted by Crippen LogP contribution is -2.08. The number of carboxylic acid groups (broad SMARTS) is 1. The molecule has 0 saturated carbocycles. The van der Waals surface area contributed by atoms with E-state index in [-0.39, 0.29) is 26.9 Å². The monoisotopic (exact) mass is 307 g/mol. The van der Waals surface area contributed by atoms with Crippen molar-refractivity contribution in [3.8, 4) is 0 Å². The summed E-state index contributed by atoms with van der Waals surface area (Å²) >= 11 is 0.831. The van der Waals surface area contributed by atoms with E-state index in [1.165, 1.54) is 12.1 Å². The quantitative estimate of drug-likeness (QED) is 0.501. The fraction of sp³-hybridized carbons (Fsp3) is 0.0833. The van der Waals surface area contributed by atoms with Crippen molar-refractivity contribution in [3.05, 3.63) is 56.0 Å². The molecule has 0 radical (unpaired) electrons. The number of nitrogens with zero attached hydrogens (tertiary/aromatic N) is 2. The summed E-state index contributed by atoms with van der Waals surface area (Å²) in [4.78, 5) is 39.2. The molecule has 0 fully saturated rings. The first-order valence-corrected chi connectivity index (χ1v) is 6.46. The number of nitrogens with one attached hydrogen (secondary N) is 1. The Balaban J connectivity index is 2.50. The molecule has 0 aliphatic rings. The zero-order valence-electron chi connectivity index (χ0n) is 10.7. The molecule has 0 amide bonds. The zero-order chi connectivity index (χ0) is 15.6. The highest BCUT2D eigenvalue weighted by Gasteiger charge is 2.18. The number of carboxylic acids is 1. The van der Waals surface area contributed by atoms with E-state index < -0.39 is 10.9 Å². The molecule has 1 aromatic carbocycles. The maximum atomic E-state index is 11.4. The number of hydrogen-bond donors (Lipinski definition) is 2. The maximum absolute atomic E-state index is 11.4. The van der Waals surface area contributed by atoms with E-state index in [0.717, 1.165) is 23.9 Å². The van der Waals surface area contributed by atoms with Crippen LogP contribution in [0.25, 0.3) is 0 Å². The van der Waals surface area contributed by atoms with Gasteiger partial charge >= 0.3 is 5.97 Å². The number of H-pyrrole nitrogens is 1. The van der Waals surface area contributed by atoms with Gasteiger partial charge in [0.2, 0.25) is 0 Å². The summed E-state index contributed by atoms with van der Waals surface area (Å²) in [6.07, 6.45) is 0. The summed E-state index contributed by atoms with van der Waals surface area (Å²) < 4.78 is 0. The minimum Gasteiger partial charge on any atom is -0.478 e. The Labute approximate surface area is 122 Å². The Hall–Kier alpha value is -2.68. The predicted octanol–water partition coefficient (Wildman–Crippen LogP) is 1.84. The molecule has 0 atom stereocenters. The molecule has 108 valence electrons. The minimum atomic E-state index is -1.20. The number of rotatable bonds is 4. The summed E-state index contributed by atoms with van der Waals surface area (Å²) in [6, 6.07) is 4.72. The van der Waals surface area contributed by atoms with Gasteiger partial charge in [0.15, 0.2) is 5.16 Å². The number of benzene rings is 1. The Bertz CT molecular complexity index is 787. The molecule has 0 unspecified atom stereocenters. The summed E-state index contributed by atoms with van der Waals surface area (Å²) in [7, 11) is 0. The van der Waals surface area contributed by atoms with Gasteiger partial charge in [0.25, 0.3) is 11.2 Å². The second-order valence-corrected chi connectivity index (χ2v) is 5.07. The van der Waals surface area contributed by atoms with Crippen molar-refractivity contribution in [3.63, 3.8) is 0 Å². The molecule has 2 N–H and O–H groups in total. The minimum absolute atomic E-state index is 0.0851. The average molecular weight is 307 g/mol. The Morgan fingerprint density at radius 1 is 1.43 bits per heavy atom. The molecule has 0 bridgehead atoms. The molecule has 9 heteroatoms. The molecule has 8 nitrogen and oxygen atoms in total. The second kappa shape index (κ2) is 5.75. The standard InChI is InChI=1S/C12H9N3O5S/c1-6-4-10(16)14-12(13-6)21-9-5-7(11(17)18)2-3-8(9)15(19)20/h2-5H,1H3,(H,17,18)(H,13,14,16). The number of nitro benzene ring substituents is 1. The van der Waals surface area contributed by atoms with Gasteiger partial charge in [-0.1, -0.05) is 0 Å². The van der Waals surface area contributed by atoms with Crippen molar-refractivity contribution in [2.75, 3.05) is 0 Å². The fourth-order valence-corrected chi connectivity index (χ4v) is 2.57. The number of aryl methyl sites for hydroxylation is 1. The van der Waals surface area contributed by atoms with Crippen LogP contribution in [0, 0.1) is 17.0 Å². The van der Waals surface area contributed by atoms with Crippen molar-refractivity contribution >= 4 is 23.4 Å². The third-order valence-corrected chi connectivity index (χ3v) is 3.39.